The van der Waals surface area contributed by atoms with Crippen molar-refractivity contribution in [2.45, 2.75) is 19.4 Å². The van der Waals surface area contributed by atoms with Crippen molar-refractivity contribution in [3.8, 4) is 5.75 Å². The van der Waals surface area contributed by atoms with Crippen LogP contribution in [0.1, 0.15) is 24.1 Å². The van der Waals surface area contributed by atoms with Gasteiger partial charge in [-0.25, -0.2) is 4.79 Å². The first-order valence-electron chi connectivity index (χ1n) is 8.31. The van der Waals surface area contributed by atoms with Crippen LogP contribution in [0.4, 0.5) is 4.79 Å². The first-order chi connectivity index (χ1) is 12.2. The van der Waals surface area contributed by atoms with E-state index in [1.54, 1.807) is 18.4 Å². The molecule has 0 saturated carbocycles. The third-order valence-corrected chi connectivity index (χ3v) is 5.17. The quantitative estimate of drug-likeness (QED) is 0.684. The highest BCUT2D eigenvalue weighted by atomic mass is 32.1. The molecule has 1 unspecified atom stereocenters. The van der Waals surface area contributed by atoms with E-state index in [1.807, 2.05) is 43.3 Å². The van der Waals surface area contributed by atoms with E-state index >= 15 is 0 Å². The van der Waals surface area contributed by atoms with E-state index in [0.29, 0.717) is 6.54 Å². The Kier molecular flexibility index (Phi) is 5.56. The lowest BCUT2D eigenvalue weighted by Gasteiger charge is -2.14. The van der Waals surface area contributed by atoms with Crippen LogP contribution in [0, 0.1) is 0 Å². The van der Waals surface area contributed by atoms with Gasteiger partial charge in [-0.1, -0.05) is 30.3 Å². The van der Waals surface area contributed by atoms with Crippen molar-refractivity contribution in [3.05, 3.63) is 65.0 Å². The van der Waals surface area contributed by atoms with Crippen LogP contribution in [0.15, 0.2) is 53.9 Å². The molecule has 4 nitrogen and oxygen atoms in total. The minimum Gasteiger partial charge on any atom is -0.497 e. The van der Waals surface area contributed by atoms with Crippen LogP contribution in [-0.2, 0) is 6.42 Å². The van der Waals surface area contributed by atoms with Gasteiger partial charge < -0.3 is 15.4 Å². The molecule has 5 heteroatoms. The van der Waals surface area contributed by atoms with Crippen LogP contribution in [0.2, 0.25) is 0 Å². The Morgan fingerprint density at radius 3 is 2.68 bits per heavy atom. The van der Waals surface area contributed by atoms with Gasteiger partial charge in [0.25, 0.3) is 0 Å². The highest BCUT2D eigenvalue weighted by molar-refractivity contribution is 7.17. The molecule has 3 rings (SSSR count). The van der Waals surface area contributed by atoms with E-state index in [4.69, 9.17) is 4.74 Å². The molecule has 1 heterocycles. The van der Waals surface area contributed by atoms with E-state index in [9.17, 15) is 4.79 Å². The number of carbonyl (C=O) groups is 1. The summed E-state index contributed by atoms with van der Waals surface area (Å²) < 4.78 is 6.38. The summed E-state index contributed by atoms with van der Waals surface area (Å²) in [4.78, 5) is 12.1. The summed E-state index contributed by atoms with van der Waals surface area (Å²) in [5, 5.41) is 9.26. The molecule has 3 aromatic rings. The molecule has 0 fully saturated rings. The third kappa shape index (κ3) is 4.31. The average Bonchev–Trinajstić information content (AvgIpc) is 3.06. The maximum absolute atomic E-state index is 12.1. The molecule has 2 amide bonds. The Morgan fingerprint density at radius 1 is 1.16 bits per heavy atom. The Hall–Kier alpha value is -2.53. The van der Waals surface area contributed by atoms with Crippen molar-refractivity contribution in [1.82, 2.24) is 10.6 Å². The number of rotatable bonds is 6. The zero-order valence-corrected chi connectivity index (χ0v) is 15.2. The first kappa shape index (κ1) is 17.3. The zero-order valence-electron chi connectivity index (χ0n) is 14.4. The van der Waals surface area contributed by atoms with Crippen LogP contribution >= 0.6 is 11.3 Å². The molecule has 2 N–H and O–H groups in total. The van der Waals surface area contributed by atoms with Gasteiger partial charge in [0.1, 0.15) is 5.75 Å². The maximum Gasteiger partial charge on any atom is 0.315 e. The number of hydrogen-bond acceptors (Lipinski definition) is 3. The van der Waals surface area contributed by atoms with Gasteiger partial charge in [-0.2, -0.15) is 0 Å². The Labute approximate surface area is 151 Å². The number of thiophene rings is 1. The molecule has 0 spiro atoms. The minimum atomic E-state index is -0.142. The van der Waals surface area contributed by atoms with E-state index in [0.717, 1.165) is 23.3 Å². The summed E-state index contributed by atoms with van der Waals surface area (Å²) in [5.74, 6) is 0.839. The predicted molar refractivity (Wildman–Crippen MR) is 103 cm³/mol. The number of carbonyl (C=O) groups excluding carboxylic acids is 1. The van der Waals surface area contributed by atoms with Gasteiger partial charge in [-0.15, -0.1) is 11.3 Å². The molecule has 2 aromatic carbocycles. The van der Waals surface area contributed by atoms with Crippen molar-refractivity contribution in [2.75, 3.05) is 13.7 Å². The topological polar surface area (TPSA) is 50.4 Å². The Balaban J connectivity index is 1.50. The van der Waals surface area contributed by atoms with Crippen molar-refractivity contribution in [3.63, 3.8) is 0 Å². The molecular formula is C20H22N2O2S. The molecule has 25 heavy (non-hydrogen) atoms. The summed E-state index contributed by atoms with van der Waals surface area (Å²) >= 11 is 1.71. The van der Waals surface area contributed by atoms with Crippen molar-refractivity contribution < 1.29 is 9.53 Å². The van der Waals surface area contributed by atoms with Crippen LogP contribution in [0.3, 0.4) is 0 Å². The number of urea groups is 1. The number of methoxy groups -OCH3 is 1. The summed E-state index contributed by atoms with van der Waals surface area (Å²) in [6, 6.07) is 16.0. The fraction of sp³-hybridized carbons (Fsp3) is 0.250. The lowest BCUT2D eigenvalue weighted by Crippen LogP contribution is -2.37. The molecule has 0 aliphatic heterocycles. The van der Waals surface area contributed by atoms with Crippen LogP contribution in [0.5, 0.6) is 5.75 Å². The van der Waals surface area contributed by atoms with Crippen molar-refractivity contribution in [1.29, 1.82) is 0 Å². The van der Waals surface area contributed by atoms with Gasteiger partial charge in [-0.05, 0) is 53.4 Å². The number of fused-ring (bicyclic) bond motifs is 1. The number of benzene rings is 2. The third-order valence-electron chi connectivity index (χ3n) is 4.18. The predicted octanol–water partition coefficient (Wildman–Crippen LogP) is 4.51. The number of ether oxygens (including phenoxy) is 1. The van der Waals surface area contributed by atoms with E-state index in [1.165, 1.54) is 10.1 Å². The SMILES string of the molecule is COc1ccc(CCNC(=O)NC(C)c2csc3ccccc23)cc1. The first-order valence-corrected chi connectivity index (χ1v) is 9.19. The molecule has 0 bridgehead atoms. The summed E-state index contributed by atoms with van der Waals surface area (Å²) in [6.45, 7) is 2.60. The molecule has 0 saturated heterocycles. The molecule has 0 radical (unpaired) electrons. The van der Waals surface area contributed by atoms with Crippen LogP contribution in [-0.4, -0.2) is 19.7 Å². The van der Waals surface area contributed by atoms with Crippen LogP contribution in [0.25, 0.3) is 10.1 Å². The largest absolute Gasteiger partial charge is 0.497 e. The second-order valence-electron chi connectivity index (χ2n) is 5.91. The molecule has 1 atom stereocenters. The number of nitrogens with one attached hydrogen (secondary N) is 2. The maximum atomic E-state index is 12.1. The molecule has 0 aliphatic rings. The lowest BCUT2D eigenvalue weighted by molar-refractivity contribution is 0.238. The number of amides is 2. The highest BCUT2D eigenvalue weighted by Gasteiger charge is 2.13. The molecule has 130 valence electrons. The van der Waals surface area contributed by atoms with Crippen molar-refractivity contribution >= 4 is 27.5 Å². The second-order valence-corrected chi connectivity index (χ2v) is 6.82. The zero-order chi connectivity index (χ0) is 17.6. The highest BCUT2D eigenvalue weighted by Crippen LogP contribution is 2.29. The normalized spacial score (nSPS) is 11.9. The standard InChI is InChI=1S/C20H22N2O2S/c1-14(18-13-25-19-6-4-3-5-17(18)19)22-20(23)21-12-11-15-7-9-16(24-2)10-8-15/h3-10,13-14H,11-12H2,1-2H3,(H2,21,22,23). The molecule has 1 aromatic heterocycles. The fourth-order valence-electron chi connectivity index (χ4n) is 2.77. The van der Waals surface area contributed by atoms with Gasteiger partial charge >= 0.3 is 6.03 Å². The molecular weight excluding hydrogens is 332 g/mol. The monoisotopic (exact) mass is 354 g/mol. The summed E-state index contributed by atoms with van der Waals surface area (Å²) in [5.41, 5.74) is 2.32. The van der Waals surface area contributed by atoms with E-state index in [2.05, 4.69) is 28.1 Å². The summed E-state index contributed by atoms with van der Waals surface area (Å²) in [7, 11) is 1.65. The van der Waals surface area contributed by atoms with E-state index < -0.39 is 0 Å². The number of hydrogen-bond donors (Lipinski definition) is 2. The van der Waals surface area contributed by atoms with Gasteiger partial charge in [0.05, 0.1) is 13.2 Å². The van der Waals surface area contributed by atoms with Crippen molar-refractivity contribution in [2.24, 2.45) is 0 Å². The summed E-state index contributed by atoms with van der Waals surface area (Å²) in [6.07, 6.45) is 0.785. The van der Waals surface area contributed by atoms with Gasteiger partial charge in [0, 0.05) is 11.2 Å². The fourth-order valence-corrected chi connectivity index (χ4v) is 3.83. The average molecular weight is 354 g/mol. The van der Waals surface area contributed by atoms with Gasteiger partial charge in [0.2, 0.25) is 0 Å². The van der Waals surface area contributed by atoms with E-state index in [-0.39, 0.29) is 12.1 Å². The smallest absolute Gasteiger partial charge is 0.315 e. The second kappa shape index (κ2) is 8.03. The van der Waals surface area contributed by atoms with Crippen LogP contribution < -0.4 is 15.4 Å². The Morgan fingerprint density at radius 2 is 1.92 bits per heavy atom. The molecule has 0 aliphatic carbocycles. The Bertz CT molecular complexity index is 842. The minimum absolute atomic E-state index is 0.0304. The lowest BCUT2D eigenvalue weighted by atomic mass is 10.1. The van der Waals surface area contributed by atoms with Gasteiger partial charge in [0.15, 0.2) is 0 Å². The van der Waals surface area contributed by atoms with Gasteiger partial charge in [-0.3, -0.25) is 0 Å².